The van der Waals surface area contributed by atoms with Gasteiger partial charge in [0.25, 0.3) is 5.69 Å². The topological polar surface area (TPSA) is 119 Å². The van der Waals surface area contributed by atoms with Gasteiger partial charge in [0.15, 0.2) is 0 Å². The van der Waals surface area contributed by atoms with Gasteiger partial charge in [-0.25, -0.2) is 4.79 Å². The molecule has 0 saturated heterocycles. The summed E-state index contributed by atoms with van der Waals surface area (Å²) < 4.78 is 5.04. The van der Waals surface area contributed by atoms with E-state index in [2.05, 4.69) is 5.32 Å². The number of rotatable bonds is 9. The zero-order valence-electron chi connectivity index (χ0n) is 13.7. The molecule has 8 nitrogen and oxygen atoms in total. The monoisotopic (exact) mass is 338 g/mol. The summed E-state index contributed by atoms with van der Waals surface area (Å²) >= 11 is 0. The van der Waals surface area contributed by atoms with E-state index >= 15 is 0 Å². The van der Waals surface area contributed by atoms with Gasteiger partial charge in [0.2, 0.25) is 0 Å². The Balaban J connectivity index is 2.40. The van der Waals surface area contributed by atoms with Crippen LogP contribution in [-0.4, -0.2) is 28.6 Å². The summed E-state index contributed by atoms with van der Waals surface area (Å²) in [6, 6.07) is 5.21. The molecule has 0 saturated carbocycles. The lowest BCUT2D eigenvalue weighted by molar-refractivity contribution is -0.384. The van der Waals surface area contributed by atoms with Crippen LogP contribution in [0.4, 0.5) is 10.5 Å². The number of nitro groups is 1. The number of hydrogen-bond acceptors (Lipinski definition) is 5. The van der Waals surface area contributed by atoms with Gasteiger partial charge in [0, 0.05) is 18.7 Å². The predicted octanol–water partition coefficient (Wildman–Crippen LogP) is 3.21. The lowest BCUT2D eigenvalue weighted by Gasteiger charge is -2.16. The quantitative estimate of drug-likeness (QED) is 0.527. The number of carbonyl (C=O) groups is 2. The zero-order chi connectivity index (χ0) is 18.1. The SMILES string of the molecule is CC[C@@H](CC[C@H](C)C(=O)O)CNC(=O)Oc1ccc([N+](=O)[O-])cc1. The van der Waals surface area contributed by atoms with Gasteiger partial charge < -0.3 is 15.2 Å². The molecule has 0 fully saturated rings. The highest BCUT2D eigenvalue weighted by atomic mass is 16.6. The average molecular weight is 338 g/mol. The van der Waals surface area contributed by atoms with Crippen molar-refractivity contribution in [2.24, 2.45) is 11.8 Å². The highest BCUT2D eigenvalue weighted by molar-refractivity contribution is 5.70. The van der Waals surface area contributed by atoms with Crippen molar-refractivity contribution >= 4 is 17.7 Å². The van der Waals surface area contributed by atoms with Gasteiger partial charge in [-0.15, -0.1) is 0 Å². The van der Waals surface area contributed by atoms with E-state index < -0.39 is 22.9 Å². The molecule has 1 amide bonds. The van der Waals surface area contributed by atoms with Gasteiger partial charge in [0.1, 0.15) is 5.75 Å². The Kier molecular flexibility index (Phi) is 7.67. The molecule has 0 aliphatic rings. The van der Waals surface area contributed by atoms with Crippen LogP contribution >= 0.6 is 0 Å². The molecule has 1 aromatic rings. The molecule has 8 heteroatoms. The molecule has 0 spiro atoms. The third-order valence-electron chi connectivity index (χ3n) is 3.80. The van der Waals surface area contributed by atoms with Gasteiger partial charge in [-0.3, -0.25) is 14.9 Å². The van der Waals surface area contributed by atoms with Gasteiger partial charge in [-0.2, -0.15) is 0 Å². The molecule has 0 heterocycles. The molecular formula is C16H22N2O6. The molecule has 0 radical (unpaired) electrons. The van der Waals surface area contributed by atoms with Gasteiger partial charge in [-0.05, 0) is 30.9 Å². The molecule has 2 N–H and O–H groups in total. The van der Waals surface area contributed by atoms with Crippen LogP contribution in [0, 0.1) is 22.0 Å². The Morgan fingerprint density at radius 1 is 1.29 bits per heavy atom. The van der Waals surface area contributed by atoms with E-state index in [1.54, 1.807) is 6.92 Å². The maximum absolute atomic E-state index is 11.7. The Morgan fingerprint density at radius 2 is 1.92 bits per heavy atom. The van der Waals surface area contributed by atoms with Crippen molar-refractivity contribution in [2.75, 3.05) is 6.54 Å². The number of carbonyl (C=O) groups excluding carboxylic acids is 1. The lowest BCUT2D eigenvalue weighted by atomic mass is 9.95. The van der Waals surface area contributed by atoms with E-state index in [0.717, 1.165) is 6.42 Å². The minimum Gasteiger partial charge on any atom is -0.481 e. The molecule has 1 aromatic carbocycles. The Hall–Kier alpha value is -2.64. The number of nitro benzene ring substituents is 1. The van der Waals surface area contributed by atoms with Crippen LogP contribution in [0.1, 0.15) is 33.1 Å². The molecule has 0 aliphatic heterocycles. The first kappa shape index (κ1) is 19.4. The van der Waals surface area contributed by atoms with Crippen molar-refractivity contribution in [3.8, 4) is 5.75 Å². The molecular weight excluding hydrogens is 316 g/mol. The van der Waals surface area contributed by atoms with Crippen molar-refractivity contribution in [1.82, 2.24) is 5.32 Å². The van der Waals surface area contributed by atoms with E-state index in [9.17, 15) is 19.7 Å². The number of non-ortho nitro benzene ring substituents is 1. The molecule has 0 bridgehead atoms. The Bertz CT molecular complexity index is 572. The second-order valence-corrected chi connectivity index (χ2v) is 5.61. The van der Waals surface area contributed by atoms with E-state index in [4.69, 9.17) is 9.84 Å². The van der Waals surface area contributed by atoms with Crippen molar-refractivity contribution in [3.05, 3.63) is 34.4 Å². The third-order valence-corrected chi connectivity index (χ3v) is 3.80. The smallest absolute Gasteiger partial charge is 0.412 e. The maximum Gasteiger partial charge on any atom is 0.412 e. The number of carboxylic acids is 1. The van der Waals surface area contributed by atoms with Gasteiger partial charge in [0.05, 0.1) is 10.8 Å². The maximum atomic E-state index is 11.7. The Morgan fingerprint density at radius 3 is 2.42 bits per heavy atom. The number of benzene rings is 1. The van der Waals surface area contributed by atoms with E-state index in [-0.39, 0.29) is 17.4 Å². The highest BCUT2D eigenvalue weighted by Gasteiger charge is 2.15. The molecule has 1 rings (SSSR count). The van der Waals surface area contributed by atoms with Crippen LogP contribution in [0.5, 0.6) is 5.75 Å². The first-order valence-corrected chi connectivity index (χ1v) is 7.76. The normalized spacial score (nSPS) is 12.9. The number of carboxylic acid groups (broad SMARTS) is 1. The second-order valence-electron chi connectivity index (χ2n) is 5.61. The third kappa shape index (κ3) is 6.64. The minimum atomic E-state index is -0.824. The Labute approximate surface area is 140 Å². The number of nitrogens with one attached hydrogen (secondary N) is 1. The first-order chi connectivity index (χ1) is 11.3. The fourth-order valence-electron chi connectivity index (χ4n) is 2.07. The molecule has 0 unspecified atom stereocenters. The summed E-state index contributed by atoms with van der Waals surface area (Å²) in [5.74, 6) is -0.858. The number of amides is 1. The number of nitrogens with zero attached hydrogens (tertiary/aromatic N) is 1. The van der Waals surface area contributed by atoms with Crippen molar-refractivity contribution in [2.45, 2.75) is 33.1 Å². The number of hydrogen-bond donors (Lipinski definition) is 2. The highest BCUT2D eigenvalue weighted by Crippen LogP contribution is 2.18. The summed E-state index contributed by atoms with van der Waals surface area (Å²) in [4.78, 5) is 32.6. The van der Waals surface area contributed by atoms with E-state index in [1.807, 2.05) is 6.92 Å². The summed E-state index contributed by atoms with van der Waals surface area (Å²) in [6.45, 7) is 4.01. The minimum absolute atomic E-state index is 0.0821. The number of aliphatic carboxylic acids is 1. The van der Waals surface area contributed by atoms with Crippen LogP contribution < -0.4 is 10.1 Å². The van der Waals surface area contributed by atoms with Crippen LogP contribution in [-0.2, 0) is 4.79 Å². The zero-order valence-corrected chi connectivity index (χ0v) is 13.7. The molecule has 132 valence electrons. The molecule has 2 atom stereocenters. The van der Waals surface area contributed by atoms with Crippen LogP contribution in [0.2, 0.25) is 0 Å². The fourth-order valence-corrected chi connectivity index (χ4v) is 2.07. The van der Waals surface area contributed by atoms with E-state index in [0.29, 0.717) is 19.4 Å². The second kappa shape index (κ2) is 9.49. The fraction of sp³-hybridized carbons (Fsp3) is 0.500. The van der Waals surface area contributed by atoms with E-state index in [1.165, 1.54) is 24.3 Å². The van der Waals surface area contributed by atoms with Crippen molar-refractivity contribution < 1.29 is 24.4 Å². The lowest BCUT2D eigenvalue weighted by Crippen LogP contribution is -2.31. The van der Waals surface area contributed by atoms with Gasteiger partial charge in [-0.1, -0.05) is 20.3 Å². The first-order valence-electron chi connectivity index (χ1n) is 7.76. The van der Waals surface area contributed by atoms with Crippen LogP contribution in [0.3, 0.4) is 0 Å². The average Bonchev–Trinajstić information content (AvgIpc) is 2.55. The van der Waals surface area contributed by atoms with Crippen molar-refractivity contribution in [3.63, 3.8) is 0 Å². The predicted molar refractivity (Wildman–Crippen MR) is 86.9 cm³/mol. The largest absolute Gasteiger partial charge is 0.481 e. The van der Waals surface area contributed by atoms with Crippen LogP contribution in [0.15, 0.2) is 24.3 Å². The number of ether oxygens (including phenoxy) is 1. The summed E-state index contributed by atoms with van der Waals surface area (Å²) in [6.07, 6.45) is 1.41. The standard InChI is InChI=1S/C16H22N2O6/c1-3-12(5-4-11(2)15(19)20)10-17-16(21)24-14-8-6-13(7-9-14)18(22)23/h6-9,11-12H,3-5,10H2,1-2H3,(H,17,21)(H,19,20)/t11-,12-/m0/s1. The van der Waals surface area contributed by atoms with Crippen molar-refractivity contribution in [1.29, 1.82) is 0 Å². The molecule has 0 aromatic heterocycles. The summed E-state index contributed by atoms with van der Waals surface area (Å²) in [5, 5.41) is 22.0. The summed E-state index contributed by atoms with van der Waals surface area (Å²) in [5.41, 5.74) is -0.0821. The molecule has 24 heavy (non-hydrogen) atoms. The van der Waals surface area contributed by atoms with Gasteiger partial charge >= 0.3 is 12.1 Å². The van der Waals surface area contributed by atoms with Crippen LogP contribution in [0.25, 0.3) is 0 Å². The summed E-state index contributed by atoms with van der Waals surface area (Å²) in [7, 11) is 0. The molecule has 0 aliphatic carbocycles.